The van der Waals surface area contributed by atoms with Gasteiger partial charge in [0.25, 0.3) is 0 Å². The van der Waals surface area contributed by atoms with Gasteiger partial charge in [-0.05, 0) is 38.1 Å². The van der Waals surface area contributed by atoms with Crippen LogP contribution in [0.2, 0.25) is 0 Å². The van der Waals surface area contributed by atoms with Crippen molar-refractivity contribution in [3.8, 4) is 5.75 Å². The fraction of sp³-hybridized carbons (Fsp3) is 0.312. The van der Waals surface area contributed by atoms with E-state index in [4.69, 9.17) is 9.47 Å². The molecule has 0 aliphatic rings. The van der Waals surface area contributed by atoms with Crippen LogP contribution in [0.5, 0.6) is 5.75 Å². The third kappa shape index (κ3) is 3.96. The molecule has 0 amide bonds. The molecule has 1 aromatic heterocycles. The molecule has 0 aliphatic heterocycles. The van der Waals surface area contributed by atoms with Crippen molar-refractivity contribution in [1.29, 1.82) is 0 Å². The molecule has 2 rings (SSSR count). The van der Waals surface area contributed by atoms with Crippen LogP contribution in [0.1, 0.15) is 11.4 Å². The van der Waals surface area contributed by atoms with Crippen molar-refractivity contribution in [3.63, 3.8) is 0 Å². The Bertz CT molecular complexity index is 570. The Kier molecular flexibility index (Phi) is 4.96. The minimum absolute atomic E-state index is 0.547. The van der Waals surface area contributed by atoms with Gasteiger partial charge in [-0.25, -0.2) is 0 Å². The summed E-state index contributed by atoms with van der Waals surface area (Å²) >= 11 is 0. The van der Waals surface area contributed by atoms with Crippen LogP contribution in [-0.2, 0) is 4.74 Å². The molecule has 0 saturated heterocycles. The average molecular weight is 272 g/mol. The zero-order valence-corrected chi connectivity index (χ0v) is 12.1. The van der Waals surface area contributed by atoms with Crippen molar-refractivity contribution in [2.24, 2.45) is 0 Å². The number of nitrogens with zero attached hydrogens (tertiary/aromatic N) is 1. The highest BCUT2D eigenvalue weighted by molar-refractivity contribution is 5.62. The summed E-state index contributed by atoms with van der Waals surface area (Å²) in [6.07, 6.45) is 0. The number of anilines is 2. The molecule has 1 aromatic carbocycles. The van der Waals surface area contributed by atoms with Crippen LogP contribution < -0.4 is 10.1 Å². The highest BCUT2D eigenvalue weighted by Gasteiger charge is 2.02. The van der Waals surface area contributed by atoms with E-state index in [0.717, 1.165) is 28.5 Å². The zero-order valence-electron chi connectivity index (χ0n) is 12.1. The number of pyridine rings is 1. The predicted octanol–water partition coefficient (Wildman–Crippen LogP) is 3.47. The maximum absolute atomic E-state index is 5.59. The number of hydrogen-bond donors (Lipinski definition) is 1. The van der Waals surface area contributed by atoms with E-state index in [-0.39, 0.29) is 0 Å². The molecule has 1 N–H and O–H groups in total. The Balaban J connectivity index is 2.07. The Morgan fingerprint density at radius 2 is 1.95 bits per heavy atom. The zero-order chi connectivity index (χ0) is 14.4. The first-order valence-corrected chi connectivity index (χ1v) is 6.62. The Labute approximate surface area is 119 Å². The molecule has 4 nitrogen and oxygen atoms in total. The predicted molar refractivity (Wildman–Crippen MR) is 80.8 cm³/mol. The summed E-state index contributed by atoms with van der Waals surface area (Å²) < 4.78 is 10.6. The summed E-state index contributed by atoms with van der Waals surface area (Å²) in [7, 11) is 1.66. The van der Waals surface area contributed by atoms with Crippen molar-refractivity contribution < 1.29 is 9.47 Å². The van der Waals surface area contributed by atoms with Gasteiger partial charge in [-0.1, -0.05) is 6.07 Å². The summed E-state index contributed by atoms with van der Waals surface area (Å²) in [5.74, 6) is 0.824. The summed E-state index contributed by atoms with van der Waals surface area (Å²) in [5, 5.41) is 3.36. The van der Waals surface area contributed by atoms with Crippen LogP contribution >= 0.6 is 0 Å². The SMILES string of the molecule is COCCOc1cccc(Nc2ccc(C)nc2C)c1. The molecular formula is C16H20N2O2. The number of ether oxygens (including phenoxy) is 2. The molecule has 0 unspecified atom stereocenters. The second-order valence-corrected chi connectivity index (χ2v) is 4.58. The van der Waals surface area contributed by atoms with E-state index in [9.17, 15) is 0 Å². The molecule has 2 aromatic rings. The number of hydrogen-bond acceptors (Lipinski definition) is 4. The van der Waals surface area contributed by atoms with Gasteiger partial charge in [0.15, 0.2) is 0 Å². The standard InChI is InChI=1S/C16H20N2O2/c1-12-7-8-16(13(2)17-12)18-14-5-4-6-15(11-14)20-10-9-19-3/h4-8,11,18H,9-10H2,1-3H3. The third-order valence-electron chi connectivity index (χ3n) is 2.89. The number of rotatable bonds is 6. The molecular weight excluding hydrogens is 252 g/mol. The van der Waals surface area contributed by atoms with Gasteiger partial charge in [0.1, 0.15) is 12.4 Å². The number of benzene rings is 1. The summed E-state index contributed by atoms with van der Waals surface area (Å²) in [6.45, 7) is 5.11. The van der Waals surface area contributed by atoms with Crippen molar-refractivity contribution in [2.75, 3.05) is 25.6 Å². The molecule has 4 heteroatoms. The smallest absolute Gasteiger partial charge is 0.121 e. The Morgan fingerprint density at radius 1 is 1.10 bits per heavy atom. The van der Waals surface area contributed by atoms with Gasteiger partial charge in [0.2, 0.25) is 0 Å². The molecule has 1 heterocycles. The van der Waals surface area contributed by atoms with Crippen LogP contribution in [0.15, 0.2) is 36.4 Å². The molecule has 0 spiro atoms. The molecule has 0 fully saturated rings. The lowest BCUT2D eigenvalue weighted by molar-refractivity contribution is 0.146. The van der Waals surface area contributed by atoms with Crippen LogP contribution in [0, 0.1) is 13.8 Å². The fourth-order valence-electron chi connectivity index (χ4n) is 1.88. The maximum atomic E-state index is 5.59. The second-order valence-electron chi connectivity index (χ2n) is 4.58. The van der Waals surface area contributed by atoms with E-state index in [1.54, 1.807) is 7.11 Å². The minimum Gasteiger partial charge on any atom is -0.491 e. The first-order chi connectivity index (χ1) is 9.69. The topological polar surface area (TPSA) is 43.4 Å². The normalized spacial score (nSPS) is 10.3. The Morgan fingerprint density at radius 3 is 2.70 bits per heavy atom. The quantitative estimate of drug-likeness (QED) is 0.818. The lowest BCUT2D eigenvalue weighted by atomic mass is 10.2. The van der Waals surface area contributed by atoms with E-state index in [1.807, 2.05) is 50.2 Å². The van der Waals surface area contributed by atoms with Gasteiger partial charge in [0.05, 0.1) is 18.0 Å². The van der Waals surface area contributed by atoms with Gasteiger partial charge in [-0.3, -0.25) is 4.98 Å². The lowest BCUT2D eigenvalue weighted by Crippen LogP contribution is -2.04. The summed E-state index contributed by atoms with van der Waals surface area (Å²) in [4.78, 5) is 4.44. The Hall–Kier alpha value is -2.07. The summed E-state index contributed by atoms with van der Waals surface area (Å²) in [6, 6.07) is 11.9. The van der Waals surface area contributed by atoms with Gasteiger partial charge >= 0.3 is 0 Å². The number of aryl methyl sites for hydroxylation is 2. The first kappa shape index (κ1) is 14.3. The number of methoxy groups -OCH3 is 1. The number of aromatic nitrogens is 1. The molecule has 106 valence electrons. The molecule has 0 aliphatic carbocycles. The largest absolute Gasteiger partial charge is 0.491 e. The van der Waals surface area contributed by atoms with Crippen LogP contribution in [0.25, 0.3) is 0 Å². The molecule has 0 atom stereocenters. The lowest BCUT2D eigenvalue weighted by Gasteiger charge is -2.11. The van der Waals surface area contributed by atoms with E-state index in [1.165, 1.54) is 0 Å². The molecule has 0 saturated carbocycles. The van der Waals surface area contributed by atoms with E-state index in [2.05, 4.69) is 10.3 Å². The highest BCUT2D eigenvalue weighted by Crippen LogP contribution is 2.23. The van der Waals surface area contributed by atoms with E-state index in [0.29, 0.717) is 13.2 Å². The van der Waals surface area contributed by atoms with Crippen LogP contribution in [0.3, 0.4) is 0 Å². The molecule has 0 bridgehead atoms. The van der Waals surface area contributed by atoms with Gasteiger partial charge < -0.3 is 14.8 Å². The fourth-order valence-corrected chi connectivity index (χ4v) is 1.88. The van der Waals surface area contributed by atoms with E-state index >= 15 is 0 Å². The third-order valence-corrected chi connectivity index (χ3v) is 2.89. The van der Waals surface area contributed by atoms with Crippen molar-refractivity contribution in [1.82, 2.24) is 4.98 Å². The number of nitrogens with one attached hydrogen (secondary N) is 1. The highest BCUT2D eigenvalue weighted by atomic mass is 16.5. The summed E-state index contributed by atoms with van der Waals surface area (Å²) in [5.41, 5.74) is 3.98. The average Bonchev–Trinajstić information content (AvgIpc) is 2.43. The van der Waals surface area contributed by atoms with Crippen molar-refractivity contribution in [2.45, 2.75) is 13.8 Å². The maximum Gasteiger partial charge on any atom is 0.121 e. The second kappa shape index (κ2) is 6.91. The minimum atomic E-state index is 0.547. The van der Waals surface area contributed by atoms with Crippen molar-refractivity contribution >= 4 is 11.4 Å². The van der Waals surface area contributed by atoms with Crippen LogP contribution in [-0.4, -0.2) is 25.3 Å². The van der Waals surface area contributed by atoms with Crippen LogP contribution in [0.4, 0.5) is 11.4 Å². The van der Waals surface area contributed by atoms with Gasteiger partial charge in [-0.15, -0.1) is 0 Å². The van der Waals surface area contributed by atoms with Gasteiger partial charge in [0, 0.05) is 24.6 Å². The van der Waals surface area contributed by atoms with Crippen molar-refractivity contribution in [3.05, 3.63) is 47.8 Å². The monoisotopic (exact) mass is 272 g/mol. The first-order valence-electron chi connectivity index (χ1n) is 6.62. The molecule has 20 heavy (non-hydrogen) atoms. The molecule has 0 radical (unpaired) electrons. The van der Waals surface area contributed by atoms with E-state index < -0.39 is 0 Å². The van der Waals surface area contributed by atoms with Gasteiger partial charge in [-0.2, -0.15) is 0 Å².